The van der Waals surface area contributed by atoms with E-state index < -0.39 is 42.1 Å². The number of imidazole rings is 1. The van der Waals surface area contributed by atoms with Crippen LogP contribution in [0.5, 0.6) is 5.75 Å². The number of amides is 2. The number of nitrogens with zero attached hydrogens (tertiary/aromatic N) is 3. The molecule has 9 nitrogen and oxygen atoms in total. The van der Waals surface area contributed by atoms with E-state index in [1.54, 1.807) is 59.2 Å². The zero-order valence-corrected chi connectivity index (χ0v) is 22.8. The molecule has 0 bridgehead atoms. The Morgan fingerprint density at radius 2 is 1.51 bits per heavy atom. The second-order valence-electron chi connectivity index (χ2n) is 10.9. The van der Waals surface area contributed by atoms with Crippen LogP contribution in [0.15, 0.2) is 36.7 Å². The van der Waals surface area contributed by atoms with Crippen molar-refractivity contribution in [2.45, 2.75) is 72.3 Å². The summed E-state index contributed by atoms with van der Waals surface area (Å²) >= 11 is 0. The van der Waals surface area contributed by atoms with Crippen LogP contribution in [-0.2, 0) is 29.7 Å². The lowest BCUT2D eigenvalue weighted by molar-refractivity contribution is -0.274. The Bertz CT molecular complexity index is 1320. The van der Waals surface area contributed by atoms with Gasteiger partial charge in [0.2, 0.25) is 0 Å². The molecule has 0 unspecified atom stereocenters. The van der Waals surface area contributed by atoms with Gasteiger partial charge in [-0.15, -0.1) is 13.2 Å². The van der Waals surface area contributed by atoms with Gasteiger partial charge in [-0.25, -0.2) is 19.5 Å². The Morgan fingerprint density at radius 3 is 1.97 bits per heavy atom. The number of carbonyl (C=O) groups excluding carboxylic acids is 2. The second-order valence-corrected chi connectivity index (χ2v) is 10.9. The molecule has 0 atom stereocenters. The van der Waals surface area contributed by atoms with Gasteiger partial charge in [0.1, 0.15) is 17.0 Å². The van der Waals surface area contributed by atoms with Crippen molar-refractivity contribution in [3.05, 3.63) is 47.8 Å². The SMILES string of the molecule is Cn1cnc2c(-c3ccc(OC(F)(F)F)cc3)cc(CN(C(=O)OC(C)(C)C)C(=O)OC(C)(C)C)c(CO)c21. The van der Waals surface area contributed by atoms with Crippen molar-refractivity contribution < 1.29 is 42.1 Å². The zero-order valence-electron chi connectivity index (χ0n) is 22.8. The van der Waals surface area contributed by atoms with Gasteiger partial charge in [0.05, 0.1) is 30.5 Å². The molecule has 1 heterocycles. The van der Waals surface area contributed by atoms with Gasteiger partial charge in [-0.1, -0.05) is 12.1 Å². The number of carbonyl (C=O) groups is 2. The lowest BCUT2D eigenvalue weighted by Crippen LogP contribution is -2.43. The number of hydrogen-bond acceptors (Lipinski definition) is 7. The van der Waals surface area contributed by atoms with Crippen molar-refractivity contribution >= 4 is 23.2 Å². The molecule has 2 aromatic carbocycles. The fraction of sp³-hybridized carbons (Fsp3) is 0.444. The minimum Gasteiger partial charge on any atom is -0.443 e. The molecule has 0 aliphatic carbocycles. The summed E-state index contributed by atoms with van der Waals surface area (Å²) in [6.45, 7) is 9.18. The number of rotatable bonds is 5. The topological polar surface area (TPSA) is 103 Å². The number of benzene rings is 2. The first-order valence-electron chi connectivity index (χ1n) is 12.0. The second kappa shape index (κ2) is 10.8. The van der Waals surface area contributed by atoms with Crippen LogP contribution in [0.1, 0.15) is 52.7 Å². The van der Waals surface area contributed by atoms with Crippen LogP contribution in [0.3, 0.4) is 0 Å². The number of alkyl halides is 3. The van der Waals surface area contributed by atoms with E-state index in [9.17, 15) is 27.9 Å². The van der Waals surface area contributed by atoms with E-state index >= 15 is 0 Å². The first-order chi connectivity index (χ1) is 17.9. The molecule has 0 aliphatic heterocycles. The van der Waals surface area contributed by atoms with Crippen molar-refractivity contribution in [3.8, 4) is 16.9 Å². The highest BCUT2D eigenvalue weighted by Gasteiger charge is 2.33. The lowest BCUT2D eigenvalue weighted by atomic mass is 9.96. The van der Waals surface area contributed by atoms with Crippen LogP contribution in [0, 0.1) is 0 Å². The number of ether oxygens (including phenoxy) is 3. The first kappa shape index (κ1) is 29.8. The highest BCUT2D eigenvalue weighted by Crippen LogP contribution is 2.35. The quantitative estimate of drug-likeness (QED) is 0.397. The largest absolute Gasteiger partial charge is 0.573 e. The van der Waals surface area contributed by atoms with Gasteiger partial charge in [0.25, 0.3) is 0 Å². The van der Waals surface area contributed by atoms with Gasteiger partial charge in [0, 0.05) is 18.2 Å². The summed E-state index contributed by atoms with van der Waals surface area (Å²) in [5, 5.41) is 10.3. The Labute approximate surface area is 224 Å². The molecular weight excluding hydrogens is 519 g/mol. The average Bonchev–Trinajstić information content (AvgIpc) is 3.15. The van der Waals surface area contributed by atoms with Gasteiger partial charge in [-0.2, -0.15) is 0 Å². The lowest BCUT2D eigenvalue weighted by Gasteiger charge is -2.29. The van der Waals surface area contributed by atoms with Gasteiger partial charge in [-0.05, 0) is 70.9 Å². The number of aliphatic hydroxyl groups is 1. The third-order valence-corrected chi connectivity index (χ3v) is 5.30. The summed E-state index contributed by atoms with van der Waals surface area (Å²) in [5.41, 5.74) is 0.969. The maximum Gasteiger partial charge on any atom is 0.573 e. The maximum atomic E-state index is 13.1. The molecule has 39 heavy (non-hydrogen) atoms. The van der Waals surface area contributed by atoms with E-state index in [1.807, 2.05) is 0 Å². The van der Waals surface area contributed by atoms with Crippen LogP contribution in [0.4, 0.5) is 22.8 Å². The van der Waals surface area contributed by atoms with Crippen molar-refractivity contribution in [2.24, 2.45) is 7.05 Å². The summed E-state index contributed by atoms with van der Waals surface area (Å²) in [4.78, 5) is 31.4. The van der Waals surface area contributed by atoms with E-state index in [4.69, 9.17) is 9.47 Å². The minimum atomic E-state index is -4.83. The van der Waals surface area contributed by atoms with Crippen LogP contribution >= 0.6 is 0 Å². The van der Waals surface area contributed by atoms with Gasteiger partial charge in [0.15, 0.2) is 0 Å². The third-order valence-electron chi connectivity index (χ3n) is 5.30. The summed E-state index contributed by atoms with van der Waals surface area (Å²) in [7, 11) is 1.71. The number of aliphatic hydroxyl groups excluding tert-OH is 1. The standard InChI is InChI=1S/C27H32F3N3O6/c1-25(2,3)38-23(35)33(24(36)39-26(4,5)6)13-17-12-19(21-22(20(17)14-34)32(7)15-31-21)16-8-10-18(11-9-16)37-27(28,29)30/h8-12,15,34H,13-14H2,1-7H3. The van der Waals surface area contributed by atoms with Gasteiger partial charge in [-0.3, -0.25) is 0 Å². The van der Waals surface area contributed by atoms with E-state index in [0.29, 0.717) is 33.3 Å². The first-order valence-corrected chi connectivity index (χ1v) is 12.0. The predicted octanol–water partition coefficient (Wildman–Crippen LogP) is 6.30. The fourth-order valence-electron chi connectivity index (χ4n) is 3.85. The van der Waals surface area contributed by atoms with Gasteiger partial charge >= 0.3 is 18.5 Å². The highest BCUT2D eigenvalue weighted by molar-refractivity contribution is 5.95. The van der Waals surface area contributed by atoms with Crippen molar-refractivity contribution in [3.63, 3.8) is 0 Å². The summed E-state index contributed by atoms with van der Waals surface area (Å²) in [6.07, 6.45) is -5.20. The van der Waals surface area contributed by atoms with Gasteiger partial charge < -0.3 is 23.9 Å². The van der Waals surface area contributed by atoms with Crippen LogP contribution in [0.25, 0.3) is 22.2 Å². The van der Waals surface area contributed by atoms with Crippen LogP contribution in [-0.4, -0.2) is 49.3 Å². The molecular formula is C27H32F3N3O6. The van der Waals surface area contributed by atoms with Crippen LogP contribution < -0.4 is 4.74 Å². The Morgan fingerprint density at radius 1 is 0.974 bits per heavy atom. The van der Waals surface area contributed by atoms with E-state index in [2.05, 4.69) is 9.72 Å². The molecule has 3 aromatic rings. The molecule has 212 valence electrons. The van der Waals surface area contributed by atoms with E-state index in [-0.39, 0.29) is 6.54 Å². The predicted molar refractivity (Wildman–Crippen MR) is 137 cm³/mol. The molecule has 0 radical (unpaired) electrons. The monoisotopic (exact) mass is 551 g/mol. The van der Waals surface area contributed by atoms with Crippen LogP contribution in [0.2, 0.25) is 0 Å². The van der Waals surface area contributed by atoms with E-state index in [0.717, 1.165) is 4.90 Å². The number of hydrogen-bond donors (Lipinski definition) is 1. The number of halogens is 3. The molecule has 1 aromatic heterocycles. The molecule has 0 aliphatic rings. The van der Waals surface area contributed by atoms with Crippen molar-refractivity contribution in [1.29, 1.82) is 0 Å². The van der Waals surface area contributed by atoms with Crippen molar-refractivity contribution in [2.75, 3.05) is 0 Å². The van der Waals surface area contributed by atoms with Crippen molar-refractivity contribution in [1.82, 2.24) is 14.5 Å². The Balaban J connectivity index is 2.14. The fourth-order valence-corrected chi connectivity index (χ4v) is 3.85. The molecule has 0 spiro atoms. The zero-order chi connectivity index (χ0) is 29.3. The molecule has 1 N–H and O–H groups in total. The minimum absolute atomic E-state index is 0.316. The molecule has 12 heteroatoms. The molecule has 0 saturated carbocycles. The molecule has 0 saturated heterocycles. The third kappa shape index (κ3) is 7.62. The summed E-state index contributed by atoms with van der Waals surface area (Å²) in [5.74, 6) is -0.392. The summed E-state index contributed by atoms with van der Waals surface area (Å²) in [6, 6.07) is 6.84. The normalized spacial score (nSPS) is 12.4. The maximum absolute atomic E-state index is 13.1. The highest BCUT2D eigenvalue weighted by atomic mass is 19.4. The smallest absolute Gasteiger partial charge is 0.443 e. The number of aryl methyl sites for hydroxylation is 1. The number of imide groups is 1. The molecule has 2 amide bonds. The molecule has 0 fully saturated rings. The van der Waals surface area contributed by atoms with E-state index in [1.165, 1.54) is 30.6 Å². The number of fused-ring (bicyclic) bond motifs is 1. The Kier molecular flexibility index (Phi) is 8.21. The average molecular weight is 552 g/mol. The summed E-state index contributed by atoms with van der Waals surface area (Å²) < 4.78 is 54.4. The molecule has 3 rings (SSSR count). The Hall–Kier alpha value is -3.80. The number of aromatic nitrogens is 2.